The number of hydrogen-bond donors (Lipinski definition) is 0. The SMILES string of the molecule is N#Cc1ccc(C2CC=C(c3cccs3)S2)cc1. The Bertz CT molecular complexity index is 603. The lowest BCUT2D eigenvalue weighted by Gasteiger charge is -2.09. The smallest absolute Gasteiger partial charge is 0.0991 e. The minimum atomic E-state index is 0.495. The van der Waals surface area contributed by atoms with Crippen molar-refractivity contribution in [1.82, 2.24) is 0 Å². The lowest BCUT2D eigenvalue weighted by molar-refractivity contribution is 0.990. The Morgan fingerprint density at radius 1 is 1.17 bits per heavy atom. The highest BCUT2D eigenvalue weighted by Crippen LogP contribution is 2.48. The van der Waals surface area contributed by atoms with Gasteiger partial charge in [0.2, 0.25) is 0 Å². The summed E-state index contributed by atoms with van der Waals surface area (Å²) in [5.41, 5.74) is 2.04. The summed E-state index contributed by atoms with van der Waals surface area (Å²) >= 11 is 3.71. The fourth-order valence-corrected chi connectivity index (χ4v) is 4.14. The zero-order valence-electron chi connectivity index (χ0n) is 9.67. The van der Waals surface area contributed by atoms with Gasteiger partial charge in [0.15, 0.2) is 0 Å². The van der Waals surface area contributed by atoms with Crippen molar-refractivity contribution in [2.24, 2.45) is 0 Å². The van der Waals surface area contributed by atoms with Gasteiger partial charge in [-0.15, -0.1) is 23.1 Å². The van der Waals surface area contributed by atoms with Crippen LogP contribution < -0.4 is 0 Å². The first-order chi connectivity index (χ1) is 8.86. The van der Waals surface area contributed by atoms with E-state index in [0.717, 1.165) is 12.0 Å². The molecule has 3 heteroatoms. The molecule has 0 aliphatic carbocycles. The van der Waals surface area contributed by atoms with E-state index in [4.69, 9.17) is 5.26 Å². The first-order valence-electron chi connectivity index (χ1n) is 5.77. The Morgan fingerprint density at radius 3 is 2.67 bits per heavy atom. The molecule has 1 nitrogen and oxygen atoms in total. The van der Waals surface area contributed by atoms with Crippen molar-refractivity contribution in [2.75, 3.05) is 0 Å². The van der Waals surface area contributed by atoms with Crippen molar-refractivity contribution in [2.45, 2.75) is 11.7 Å². The van der Waals surface area contributed by atoms with E-state index < -0.39 is 0 Å². The lowest BCUT2D eigenvalue weighted by Crippen LogP contribution is -1.88. The predicted molar refractivity (Wildman–Crippen MR) is 78.4 cm³/mol. The van der Waals surface area contributed by atoms with E-state index in [1.807, 2.05) is 23.9 Å². The van der Waals surface area contributed by atoms with Gasteiger partial charge in [-0.25, -0.2) is 0 Å². The molecule has 0 saturated carbocycles. The molecule has 0 radical (unpaired) electrons. The summed E-state index contributed by atoms with van der Waals surface area (Å²) in [5.74, 6) is 0. The fraction of sp³-hybridized carbons (Fsp3) is 0.133. The van der Waals surface area contributed by atoms with Gasteiger partial charge >= 0.3 is 0 Å². The summed E-state index contributed by atoms with van der Waals surface area (Å²) in [7, 11) is 0. The van der Waals surface area contributed by atoms with E-state index in [0.29, 0.717) is 5.25 Å². The summed E-state index contributed by atoms with van der Waals surface area (Å²) in [6.45, 7) is 0. The topological polar surface area (TPSA) is 23.8 Å². The van der Waals surface area contributed by atoms with E-state index in [1.165, 1.54) is 15.3 Å². The second kappa shape index (κ2) is 5.01. The molecule has 18 heavy (non-hydrogen) atoms. The molecule has 3 rings (SSSR count). The Labute approximate surface area is 115 Å². The molecule has 1 aliphatic heterocycles. The average molecular weight is 269 g/mol. The minimum absolute atomic E-state index is 0.495. The van der Waals surface area contributed by atoms with Gasteiger partial charge in [-0.05, 0) is 35.6 Å². The molecule has 2 heterocycles. The number of hydrogen-bond acceptors (Lipinski definition) is 3. The first-order valence-corrected chi connectivity index (χ1v) is 7.53. The van der Waals surface area contributed by atoms with Crippen molar-refractivity contribution in [3.63, 3.8) is 0 Å². The number of thioether (sulfide) groups is 1. The lowest BCUT2D eigenvalue weighted by atomic mass is 10.1. The maximum absolute atomic E-state index is 8.80. The molecule has 1 unspecified atom stereocenters. The van der Waals surface area contributed by atoms with Crippen LogP contribution >= 0.6 is 23.1 Å². The van der Waals surface area contributed by atoms with E-state index in [9.17, 15) is 0 Å². The van der Waals surface area contributed by atoms with Crippen LogP contribution in [-0.2, 0) is 0 Å². The number of thiophene rings is 1. The Hall–Kier alpha value is -1.50. The summed E-state index contributed by atoms with van der Waals surface area (Å²) in [5, 5.41) is 11.4. The van der Waals surface area contributed by atoms with Gasteiger partial charge < -0.3 is 0 Å². The van der Waals surface area contributed by atoms with E-state index >= 15 is 0 Å². The van der Waals surface area contributed by atoms with Crippen LogP contribution in [0, 0.1) is 11.3 Å². The summed E-state index contributed by atoms with van der Waals surface area (Å²) in [6.07, 6.45) is 3.39. The van der Waals surface area contributed by atoms with Crippen molar-refractivity contribution >= 4 is 28.0 Å². The number of rotatable bonds is 2. The van der Waals surface area contributed by atoms with Gasteiger partial charge in [0.05, 0.1) is 11.6 Å². The molecular formula is C15H11NS2. The van der Waals surface area contributed by atoms with Gasteiger partial charge in [0.1, 0.15) is 0 Å². The van der Waals surface area contributed by atoms with Crippen LogP contribution in [0.25, 0.3) is 4.91 Å². The zero-order chi connectivity index (χ0) is 12.4. The number of allylic oxidation sites excluding steroid dienone is 1. The normalized spacial score (nSPS) is 18.4. The molecule has 0 spiro atoms. The number of nitriles is 1. The molecule has 88 valence electrons. The molecule has 0 saturated heterocycles. The number of benzene rings is 1. The summed E-state index contributed by atoms with van der Waals surface area (Å²) in [4.78, 5) is 2.75. The minimum Gasteiger partial charge on any atom is -0.192 e. The van der Waals surface area contributed by atoms with Crippen molar-refractivity contribution in [1.29, 1.82) is 5.26 Å². The highest BCUT2D eigenvalue weighted by atomic mass is 32.2. The molecule has 0 N–H and O–H groups in total. The van der Waals surface area contributed by atoms with Crippen LogP contribution in [-0.4, -0.2) is 0 Å². The van der Waals surface area contributed by atoms with Gasteiger partial charge in [0, 0.05) is 15.0 Å². The van der Waals surface area contributed by atoms with Crippen molar-refractivity contribution < 1.29 is 0 Å². The quantitative estimate of drug-likeness (QED) is 0.779. The van der Waals surface area contributed by atoms with E-state index in [1.54, 1.807) is 11.3 Å². The Balaban J connectivity index is 1.75. The van der Waals surface area contributed by atoms with Crippen LogP contribution in [0.1, 0.15) is 27.7 Å². The van der Waals surface area contributed by atoms with Crippen LogP contribution in [0.15, 0.2) is 47.9 Å². The molecule has 1 atom stereocenters. The third-order valence-corrected chi connectivity index (χ3v) is 5.38. The highest BCUT2D eigenvalue weighted by Gasteiger charge is 2.20. The Kier molecular flexibility index (Phi) is 3.22. The highest BCUT2D eigenvalue weighted by molar-refractivity contribution is 8.09. The van der Waals surface area contributed by atoms with Crippen LogP contribution in [0.5, 0.6) is 0 Å². The van der Waals surface area contributed by atoms with Gasteiger partial charge in [0.25, 0.3) is 0 Å². The third kappa shape index (κ3) is 2.22. The molecular weight excluding hydrogens is 258 g/mol. The maximum Gasteiger partial charge on any atom is 0.0991 e. The predicted octanol–water partition coefficient (Wildman–Crippen LogP) is 4.84. The monoisotopic (exact) mass is 269 g/mol. The zero-order valence-corrected chi connectivity index (χ0v) is 11.3. The average Bonchev–Trinajstić information content (AvgIpc) is 3.09. The van der Waals surface area contributed by atoms with Gasteiger partial charge in [-0.2, -0.15) is 5.26 Å². The van der Waals surface area contributed by atoms with Gasteiger partial charge in [-0.3, -0.25) is 0 Å². The van der Waals surface area contributed by atoms with Crippen molar-refractivity contribution in [3.05, 3.63) is 63.9 Å². The molecule has 0 amide bonds. The van der Waals surface area contributed by atoms with E-state index in [-0.39, 0.29) is 0 Å². The molecule has 0 bridgehead atoms. The standard InChI is InChI=1S/C15H11NS2/c16-10-11-3-5-12(6-4-11)13-7-8-15(18-13)14-2-1-9-17-14/h1-6,8-9,13H,7H2. The Morgan fingerprint density at radius 2 is 2.00 bits per heavy atom. The van der Waals surface area contributed by atoms with E-state index in [2.05, 4.69) is 41.8 Å². The van der Waals surface area contributed by atoms with Gasteiger partial charge in [-0.1, -0.05) is 24.3 Å². The molecule has 0 fully saturated rings. The first kappa shape index (κ1) is 11.6. The van der Waals surface area contributed by atoms with Crippen molar-refractivity contribution in [3.8, 4) is 6.07 Å². The van der Waals surface area contributed by atoms with Crippen LogP contribution in [0.4, 0.5) is 0 Å². The second-order valence-electron chi connectivity index (χ2n) is 4.12. The maximum atomic E-state index is 8.80. The summed E-state index contributed by atoms with van der Waals surface area (Å²) < 4.78 is 0. The van der Waals surface area contributed by atoms with Crippen LogP contribution in [0.3, 0.4) is 0 Å². The largest absolute Gasteiger partial charge is 0.192 e. The third-order valence-electron chi connectivity index (χ3n) is 2.96. The molecule has 1 aromatic heterocycles. The molecule has 1 aromatic carbocycles. The molecule has 2 aromatic rings. The summed E-state index contributed by atoms with van der Waals surface area (Å²) in [6, 6.07) is 14.4. The molecule has 1 aliphatic rings. The van der Waals surface area contributed by atoms with Crippen LogP contribution in [0.2, 0.25) is 0 Å². The number of nitrogens with zero attached hydrogens (tertiary/aromatic N) is 1. The second-order valence-corrected chi connectivity index (χ2v) is 6.31. The fourth-order valence-electron chi connectivity index (χ4n) is 2.02.